The van der Waals surface area contributed by atoms with Gasteiger partial charge in [0, 0.05) is 12.1 Å². The van der Waals surface area contributed by atoms with E-state index in [9.17, 15) is 9.59 Å². The van der Waals surface area contributed by atoms with Crippen LogP contribution in [0.2, 0.25) is 0 Å². The predicted octanol–water partition coefficient (Wildman–Crippen LogP) is 0.513. The van der Waals surface area contributed by atoms with Crippen LogP contribution in [-0.4, -0.2) is 29.6 Å². The van der Waals surface area contributed by atoms with Gasteiger partial charge in [-0.05, 0) is 18.6 Å². The molecular weight excluding hydrogens is 232 g/mol. The summed E-state index contributed by atoms with van der Waals surface area (Å²) in [5, 5.41) is 11.2. The first kappa shape index (κ1) is 13.9. The van der Waals surface area contributed by atoms with Crippen LogP contribution in [0.25, 0.3) is 0 Å². The van der Waals surface area contributed by atoms with Gasteiger partial charge in [-0.15, -0.1) is 0 Å². The van der Waals surface area contributed by atoms with E-state index in [0.717, 1.165) is 0 Å². The number of carbonyl (C=O) groups is 2. The number of amides is 1. The molecule has 1 amide bonds. The second-order valence-electron chi connectivity index (χ2n) is 3.74. The van der Waals surface area contributed by atoms with E-state index in [4.69, 9.17) is 10.8 Å². The van der Waals surface area contributed by atoms with E-state index in [1.807, 2.05) is 18.2 Å². The van der Waals surface area contributed by atoms with Crippen molar-refractivity contribution in [1.29, 1.82) is 0 Å². The molecule has 0 bridgehead atoms. The molecule has 18 heavy (non-hydrogen) atoms. The molecule has 0 aromatic rings. The van der Waals surface area contributed by atoms with E-state index in [1.165, 1.54) is 0 Å². The topological polar surface area (TPSA) is 92.4 Å². The van der Waals surface area contributed by atoms with Crippen LogP contribution in [0.5, 0.6) is 0 Å². The molecule has 1 aliphatic rings. The van der Waals surface area contributed by atoms with Crippen molar-refractivity contribution in [3.8, 4) is 0 Å². The fraction of sp³-hybridized carbons (Fsp3) is 0.231. The van der Waals surface area contributed by atoms with Gasteiger partial charge in [0.05, 0.1) is 0 Å². The second-order valence-corrected chi connectivity index (χ2v) is 3.74. The SMILES string of the molecule is NC(CCNC(=O)C1=C/C=C\C=C/C=C1)C(=O)O. The summed E-state index contributed by atoms with van der Waals surface area (Å²) < 4.78 is 0. The number of carbonyl (C=O) groups excluding carboxylic acids is 1. The maximum absolute atomic E-state index is 11.7. The van der Waals surface area contributed by atoms with Crippen molar-refractivity contribution in [2.24, 2.45) is 5.73 Å². The molecule has 1 aliphatic carbocycles. The molecule has 1 atom stereocenters. The van der Waals surface area contributed by atoms with E-state index in [0.29, 0.717) is 5.57 Å². The molecule has 0 aliphatic heterocycles. The van der Waals surface area contributed by atoms with Gasteiger partial charge >= 0.3 is 5.97 Å². The number of allylic oxidation sites excluding steroid dienone is 6. The average Bonchev–Trinajstić information content (AvgIpc) is 2.27. The number of nitrogens with one attached hydrogen (secondary N) is 1. The highest BCUT2D eigenvalue weighted by Crippen LogP contribution is 2.01. The molecule has 4 N–H and O–H groups in total. The molecule has 0 heterocycles. The number of carboxylic acid groups (broad SMARTS) is 1. The molecule has 0 saturated carbocycles. The number of rotatable bonds is 5. The summed E-state index contributed by atoms with van der Waals surface area (Å²) in [4.78, 5) is 22.2. The Hall–Kier alpha value is -2.14. The second kappa shape index (κ2) is 7.24. The summed E-state index contributed by atoms with van der Waals surface area (Å²) in [6, 6.07) is -0.949. The van der Waals surface area contributed by atoms with Crippen molar-refractivity contribution < 1.29 is 14.7 Å². The molecular formula is C13H16N2O3. The minimum absolute atomic E-state index is 0.202. The minimum Gasteiger partial charge on any atom is -0.480 e. The smallest absolute Gasteiger partial charge is 0.320 e. The lowest BCUT2D eigenvalue weighted by Crippen LogP contribution is -2.35. The van der Waals surface area contributed by atoms with Crippen LogP contribution in [0.15, 0.2) is 48.1 Å². The van der Waals surface area contributed by atoms with E-state index < -0.39 is 12.0 Å². The van der Waals surface area contributed by atoms with Crippen molar-refractivity contribution in [2.45, 2.75) is 12.5 Å². The number of nitrogens with two attached hydrogens (primary N) is 1. The molecule has 0 aromatic heterocycles. The third-order valence-electron chi connectivity index (χ3n) is 2.32. The molecule has 0 spiro atoms. The summed E-state index contributed by atoms with van der Waals surface area (Å²) in [6.45, 7) is 0.233. The van der Waals surface area contributed by atoms with Crippen LogP contribution in [0.1, 0.15) is 6.42 Å². The predicted molar refractivity (Wildman–Crippen MR) is 68.7 cm³/mol. The van der Waals surface area contributed by atoms with Crippen molar-refractivity contribution in [1.82, 2.24) is 5.32 Å². The fourth-order valence-corrected chi connectivity index (χ4v) is 1.28. The lowest BCUT2D eigenvalue weighted by atomic mass is 10.1. The first-order valence-corrected chi connectivity index (χ1v) is 5.59. The highest BCUT2D eigenvalue weighted by molar-refractivity contribution is 5.96. The first-order chi connectivity index (χ1) is 8.61. The Balaban J connectivity index is 2.43. The highest BCUT2D eigenvalue weighted by Gasteiger charge is 2.12. The number of carboxylic acids is 1. The van der Waals surface area contributed by atoms with Gasteiger partial charge in [0.1, 0.15) is 6.04 Å². The lowest BCUT2D eigenvalue weighted by molar-refractivity contribution is -0.138. The van der Waals surface area contributed by atoms with Crippen LogP contribution < -0.4 is 11.1 Å². The molecule has 0 saturated heterocycles. The molecule has 1 unspecified atom stereocenters. The van der Waals surface area contributed by atoms with Gasteiger partial charge in [-0.2, -0.15) is 0 Å². The molecule has 5 heteroatoms. The third kappa shape index (κ3) is 4.80. The Bertz CT molecular complexity index is 434. The molecule has 0 radical (unpaired) electrons. The third-order valence-corrected chi connectivity index (χ3v) is 2.32. The summed E-state index contributed by atoms with van der Waals surface area (Å²) in [7, 11) is 0. The van der Waals surface area contributed by atoms with Crippen LogP contribution in [0.4, 0.5) is 0 Å². The molecule has 96 valence electrons. The van der Waals surface area contributed by atoms with Gasteiger partial charge in [0.15, 0.2) is 0 Å². The van der Waals surface area contributed by atoms with Crippen LogP contribution in [0, 0.1) is 0 Å². The first-order valence-electron chi connectivity index (χ1n) is 5.59. The zero-order valence-corrected chi connectivity index (χ0v) is 9.87. The Morgan fingerprint density at radius 3 is 2.61 bits per heavy atom. The minimum atomic E-state index is -1.07. The van der Waals surface area contributed by atoms with E-state index in [1.54, 1.807) is 24.3 Å². The van der Waals surface area contributed by atoms with Crippen molar-refractivity contribution in [3.05, 3.63) is 48.1 Å². The van der Waals surface area contributed by atoms with Gasteiger partial charge in [-0.25, -0.2) is 0 Å². The van der Waals surface area contributed by atoms with E-state index >= 15 is 0 Å². The number of aliphatic carboxylic acids is 1. The van der Waals surface area contributed by atoms with Gasteiger partial charge < -0.3 is 16.2 Å². The van der Waals surface area contributed by atoms with E-state index in [2.05, 4.69) is 5.32 Å². The van der Waals surface area contributed by atoms with Crippen molar-refractivity contribution in [3.63, 3.8) is 0 Å². The number of hydrogen-bond acceptors (Lipinski definition) is 3. The Labute approximate surface area is 105 Å². The fourth-order valence-electron chi connectivity index (χ4n) is 1.28. The van der Waals surface area contributed by atoms with Crippen molar-refractivity contribution >= 4 is 11.9 Å². The normalized spacial score (nSPS) is 19.1. The Morgan fingerprint density at radius 1 is 1.22 bits per heavy atom. The molecule has 5 nitrogen and oxygen atoms in total. The van der Waals surface area contributed by atoms with Gasteiger partial charge in [0.2, 0.25) is 0 Å². The summed E-state index contributed by atoms with van der Waals surface area (Å²) in [6.07, 6.45) is 12.6. The molecule has 0 aromatic carbocycles. The summed E-state index contributed by atoms with van der Waals surface area (Å²) in [5.41, 5.74) is 5.84. The summed E-state index contributed by atoms with van der Waals surface area (Å²) in [5.74, 6) is -1.31. The quantitative estimate of drug-likeness (QED) is 0.661. The summed E-state index contributed by atoms with van der Waals surface area (Å²) >= 11 is 0. The number of hydrogen-bond donors (Lipinski definition) is 3. The maximum Gasteiger partial charge on any atom is 0.320 e. The maximum atomic E-state index is 11.7. The van der Waals surface area contributed by atoms with E-state index in [-0.39, 0.29) is 18.9 Å². The lowest BCUT2D eigenvalue weighted by Gasteiger charge is -2.08. The van der Waals surface area contributed by atoms with Crippen molar-refractivity contribution in [2.75, 3.05) is 6.54 Å². The van der Waals surface area contributed by atoms with Gasteiger partial charge in [-0.3, -0.25) is 9.59 Å². The van der Waals surface area contributed by atoms with Crippen LogP contribution >= 0.6 is 0 Å². The molecule has 1 rings (SSSR count). The van der Waals surface area contributed by atoms with Gasteiger partial charge in [-0.1, -0.05) is 30.4 Å². The van der Waals surface area contributed by atoms with Crippen LogP contribution in [-0.2, 0) is 9.59 Å². The van der Waals surface area contributed by atoms with Gasteiger partial charge in [0.25, 0.3) is 5.91 Å². The Morgan fingerprint density at radius 2 is 1.89 bits per heavy atom. The zero-order valence-electron chi connectivity index (χ0n) is 9.87. The largest absolute Gasteiger partial charge is 0.480 e. The highest BCUT2D eigenvalue weighted by atomic mass is 16.4. The monoisotopic (exact) mass is 248 g/mol. The zero-order chi connectivity index (χ0) is 13.4. The standard InChI is InChI=1S/C13H16N2O3/c14-11(13(17)18)8-9-15-12(16)10-6-4-2-1-3-5-7-10/h1-7,11H,8-9,14H2,(H,15,16)(H,17,18)/b2-1-,3-1?,4-2?,5-3-,6-4?,7-5?,10-6?,10-7?. The van der Waals surface area contributed by atoms with Crippen LogP contribution in [0.3, 0.4) is 0 Å². The Kier molecular flexibility index (Phi) is 5.60. The average molecular weight is 248 g/mol. The molecule has 0 fully saturated rings.